The summed E-state index contributed by atoms with van der Waals surface area (Å²) in [6, 6.07) is 4.97. The van der Waals surface area contributed by atoms with E-state index in [1.54, 1.807) is 0 Å². The molecule has 0 amide bonds. The first kappa shape index (κ1) is 17.1. The van der Waals surface area contributed by atoms with E-state index in [1.807, 2.05) is 22.4 Å². The maximum atomic E-state index is 10.8. The van der Waals surface area contributed by atoms with E-state index in [1.165, 1.54) is 23.6 Å². The van der Waals surface area contributed by atoms with Gasteiger partial charge in [-0.05, 0) is 11.4 Å². The standard InChI is InChI=1S/C15H16ClN3O4S/c16-12-6-10(19(21)22)8-17-15(12)18-3-4-23-9-11(18)7-13(20)14-2-1-5-24-14/h1-2,5-6,8,11,13,20H,3-4,7,9H2. The van der Waals surface area contributed by atoms with Crippen molar-refractivity contribution in [2.75, 3.05) is 24.7 Å². The first-order valence-electron chi connectivity index (χ1n) is 7.42. The molecule has 9 heteroatoms. The summed E-state index contributed by atoms with van der Waals surface area (Å²) in [5.74, 6) is 0.481. The molecule has 0 aromatic carbocycles. The second-order valence-electron chi connectivity index (χ2n) is 5.45. The smallest absolute Gasteiger partial charge is 0.289 e. The van der Waals surface area contributed by atoms with Crippen LogP contribution in [-0.4, -0.2) is 40.8 Å². The van der Waals surface area contributed by atoms with E-state index in [0.717, 1.165) is 4.88 Å². The molecule has 2 aromatic rings. The van der Waals surface area contributed by atoms with Crippen molar-refractivity contribution in [3.63, 3.8) is 0 Å². The van der Waals surface area contributed by atoms with Crippen LogP contribution < -0.4 is 4.90 Å². The van der Waals surface area contributed by atoms with Crippen LogP contribution in [0.3, 0.4) is 0 Å². The minimum absolute atomic E-state index is 0.109. The van der Waals surface area contributed by atoms with Gasteiger partial charge in [-0.3, -0.25) is 10.1 Å². The number of hydrogen-bond acceptors (Lipinski definition) is 7. The van der Waals surface area contributed by atoms with Gasteiger partial charge >= 0.3 is 0 Å². The van der Waals surface area contributed by atoms with Gasteiger partial charge in [0, 0.05) is 23.9 Å². The van der Waals surface area contributed by atoms with E-state index in [9.17, 15) is 15.2 Å². The number of anilines is 1. The summed E-state index contributed by atoms with van der Waals surface area (Å²) in [6.45, 7) is 1.52. The van der Waals surface area contributed by atoms with Crippen molar-refractivity contribution in [3.8, 4) is 0 Å². The third-order valence-electron chi connectivity index (χ3n) is 3.88. The number of nitrogens with zero attached hydrogens (tertiary/aromatic N) is 3. The zero-order chi connectivity index (χ0) is 17.1. The van der Waals surface area contributed by atoms with E-state index in [0.29, 0.717) is 32.0 Å². The van der Waals surface area contributed by atoms with Gasteiger partial charge in [0.05, 0.1) is 35.3 Å². The quantitative estimate of drug-likeness (QED) is 0.643. The second kappa shape index (κ2) is 7.43. The highest BCUT2D eigenvalue weighted by atomic mass is 35.5. The van der Waals surface area contributed by atoms with Crippen molar-refractivity contribution in [2.24, 2.45) is 0 Å². The number of aromatic nitrogens is 1. The number of thiophene rings is 1. The summed E-state index contributed by atoms with van der Waals surface area (Å²) in [5.41, 5.74) is -0.146. The molecule has 24 heavy (non-hydrogen) atoms. The Morgan fingerprint density at radius 3 is 3.12 bits per heavy atom. The Kier molecular flexibility index (Phi) is 5.30. The highest BCUT2D eigenvalue weighted by Gasteiger charge is 2.29. The minimum Gasteiger partial charge on any atom is -0.387 e. The lowest BCUT2D eigenvalue weighted by Gasteiger charge is -2.37. The number of nitro groups is 1. The highest BCUT2D eigenvalue weighted by molar-refractivity contribution is 7.10. The molecule has 0 spiro atoms. The predicted octanol–water partition coefficient (Wildman–Crippen LogP) is 3.03. The van der Waals surface area contributed by atoms with Gasteiger partial charge in [-0.25, -0.2) is 4.98 Å². The summed E-state index contributed by atoms with van der Waals surface area (Å²) in [7, 11) is 0. The summed E-state index contributed by atoms with van der Waals surface area (Å²) in [6.07, 6.45) is 1.06. The van der Waals surface area contributed by atoms with Crippen molar-refractivity contribution < 1.29 is 14.8 Å². The van der Waals surface area contributed by atoms with Crippen LogP contribution >= 0.6 is 22.9 Å². The molecule has 7 nitrogen and oxygen atoms in total. The average molecular weight is 370 g/mol. The minimum atomic E-state index is -0.601. The maximum Gasteiger partial charge on any atom is 0.289 e. The van der Waals surface area contributed by atoms with Crippen LogP contribution in [0, 0.1) is 10.1 Å². The monoisotopic (exact) mass is 369 g/mol. The summed E-state index contributed by atoms with van der Waals surface area (Å²) >= 11 is 7.70. The molecule has 2 aromatic heterocycles. The lowest BCUT2D eigenvalue weighted by molar-refractivity contribution is -0.385. The normalized spacial score (nSPS) is 19.2. The van der Waals surface area contributed by atoms with Crippen molar-refractivity contribution in [3.05, 3.63) is 49.8 Å². The number of hydrogen-bond donors (Lipinski definition) is 1. The topological polar surface area (TPSA) is 88.7 Å². The van der Waals surface area contributed by atoms with E-state index in [4.69, 9.17) is 16.3 Å². The number of ether oxygens (including phenoxy) is 1. The average Bonchev–Trinajstić information content (AvgIpc) is 3.10. The molecule has 0 aliphatic carbocycles. The molecule has 0 radical (unpaired) electrons. The van der Waals surface area contributed by atoms with Crippen LogP contribution in [0.25, 0.3) is 0 Å². The van der Waals surface area contributed by atoms with Crippen LogP contribution in [0.5, 0.6) is 0 Å². The van der Waals surface area contributed by atoms with Gasteiger partial charge in [-0.1, -0.05) is 17.7 Å². The number of aliphatic hydroxyl groups is 1. The molecule has 128 valence electrons. The fourth-order valence-corrected chi connectivity index (χ4v) is 3.71. The molecule has 1 saturated heterocycles. The number of aliphatic hydroxyl groups excluding tert-OH is 1. The van der Waals surface area contributed by atoms with Crippen LogP contribution in [-0.2, 0) is 4.74 Å². The van der Waals surface area contributed by atoms with E-state index >= 15 is 0 Å². The molecule has 0 saturated carbocycles. The largest absolute Gasteiger partial charge is 0.387 e. The fourth-order valence-electron chi connectivity index (χ4n) is 2.72. The third kappa shape index (κ3) is 3.67. The SMILES string of the molecule is O=[N+]([O-])c1cnc(N2CCOCC2CC(O)c2cccs2)c(Cl)c1. The fraction of sp³-hybridized carbons (Fsp3) is 0.400. The predicted molar refractivity (Wildman–Crippen MR) is 91.8 cm³/mol. The van der Waals surface area contributed by atoms with Crippen LogP contribution in [0.15, 0.2) is 29.8 Å². The first-order chi connectivity index (χ1) is 11.6. The Morgan fingerprint density at radius 1 is 1.62 bits per heavy atom. The van der Waals surface area contributed by atoms with Crippen LogP contribution in [0.2, 0.25) is 5.02 Å². The summed E-state index contributed by atoms with van der Waals surface area (Å²) in [5, 5.41) is 23.4. The Morgan fingerprint density at radius 2 is 2.46 bits per heavy atom. The molecule has 3 rings (SSSR count). The van der Waals surface area contributed by atoms with Crippen molar-refractivity contribution in [2.45, 2.75) is 18.6 Å². The van der Waals surface area contributed by atoms with E-state index < -0.39 is 11.0 Å². The van der Waals surface area contributed by atoms with Crippen LogP contribution in [0.4, 0.5) is 11.5 Å². The molecule has 2 atom stereocenters. The Bertz CT molecular complexity index is 713. The molecular formula is C15H16ClN3O4S. The van der Waals surface area contributed by atoms with Gasteiger partial charge in [0.1, 0.15) is 12.0 Å². The highest BCUT2D eigenvalue weighted by Crippen LogP contribution is 2.32. The molecule has 1 N–H and O–H groups in total. The molecule has 1 aliphatic heterocycles. The molecule has 2 unspecified atom stereocenters. The molecule has 1 aliphatic rings. The van der Waals surface area contributed by atoms with Crippen molar-refractivity contribution >= 4 is 34.4 Å². The van der Waals surface area contributed by atoms with Gasteiger partial charge < -0.3 is 14.7 Å². The third-order valence-corrected chi connectivity index (χ3v) is 5.14. The Hall–Kier alpha value is -1.74. The molecular weight excluding hydrogens is 354 g/mol. The second-order valence-corrected chi connectivity index (χ2v) is 6.83. The van der Waals surface area contributed by atoms with Gasteiger partial charge in [0.25, 0.3) is 5.69 Å². The van der Waals surface area contributed by atoms with Crippen molar-refractivity contribution in [1.82, 2.24) is 4.98 Å². The molecule has 3 heterocycles. The first-order valence-corrected chi connectivity index (χ1v) is 8.68. The van der Waals surface area contributed by atoms with E-state index in [2.05, 4.69) is 4.98 Å². The maximum absolute atomic E-state index is 10.8. The zero-order valence-electron chi connectivity index (χ0n) is 12.7. The van der Waals surface area contributed by atoms with Gasteiger partial charge in [0.15, 0.2) is 0 Å². The lowest BCUT2D eigenvalue weighted by Crippen LogP contribution is -2.46. The zero-order valence-corrected chi connectivity index (χ0v) is 14.2. The number of morpholine rings is 1. The van der Waals surface area contributed by atoms with Gasteiger partial charge in [-0.2, -0.15) is 0 Å². The number of rotatable bonds is 5. The lowest BCUT2D eigenvalue weighted by atomic mass is 10.1. The van der Waals surface area contributed by atoms with Crippen molar-refractivity contribution in [1.29, 1.82) is 0 Å². The molecule has 0 bridgehead atoms. The van der Waals surface area contributed by atoms with Gasteiger partial charge in [-0.15, -0.1) is 11.3 Å². The Labute approximate surface area is 147 Å². The summed E-state index contributed by atoms with van der Waals surface area (Å²) in [4.78, 5) is 17.3. The van der Waals surface area contributed by atoms with Crippen LogP contribution in [0.1, 0.15) is 17.4 Å². The van der Waals surface area contributed by atoms with E-state index in [-0.39, 0.29) is 16.8 Å². The summed E-state index contributed by atoms with van der Waals surface area (Å²) < 4.78 is 5.53. The number of pyridine rings is 1. The van der Waals surface area contributed by atoms with Gasteiger partial charge in [0.2, 0.25) is 0 Å². The Balaban J connectivity index is 1.80. The number of halogens is 1. The molecule has 1 fully saturated rings.